The van der Waals surface area contributed by atoms with Crippen LogP contribution in [0.2, 0.25) is 0 Å². The van der Waals surface area contributed by atoms with Crippen molar-refractivity contribution in [1.29, 1.82) is 0 Å². The molecule has 0 aliphatic carbocycles. The van der Waals surface area contributed by atoms with Crippen molar-refractivity contribution >= 4 is 0 Å². The Bertz CT molecular complexity index is 668. The van der Waals surface area contributed by atoms with Crippen LogP contribution < -0.4 is 4.74 Å². The minimum atomic E-state index is -4.69. The molecule has 0 fully saturated rings. The van der Waals surface area contributed by atoms with Gasteiger partial charge in [-0.1, -0.05) is 30.0 Å². The second-order valence-electron chi connectivity index (χ2n) is 4.60. The zero-order valence-electron chi connectivity index (χ0n) is 11.6. The predicted octanol–water partition coefficient (Wildman–Crippen LogP) is 4.60. The van der Waals surface area contributed by atoms with Gasteiger partial charge in [0.05, 0.1) is 0 Å². The number of halogens is 3. The number of hydrogen-bond acceptors (Lipinski definition) is 1. The van der Waals surface area contributed by atoms with E-state index >= 15 is 0 Å². The van der Waals surface area contributed by atoms with Gasteiger partial charge in [0, 0.05) is 11.1 Å². The van der Waals surface area contributed by atoms with Gasteiger partial charge in [0.1, 0.15) is 5.75 Å². The van der Waals surface area contributed by atoms with Crippen LogP contribution in [0, 0.1) is 25.7 Å². The number of rotatable bonds is 1. The molecule has 0 aliphatic rings. The van der Waals surface area contributed by atoms with Crippen molar-refractivity contribution in [1.82, 2.24) is 0 Å². The largest absolute Gasteiger partial charge is 0.573 e. The lowest BCUT2D eigenvalue weighted by Gasteiger charge is -2.14. The molecule has 2 rings (SSSR count). The first-order valence-electron chi connectivity index (χ1n) is 6.29. The fourth-order valence-corrected chi connectivity index (χ4v) is 1.96. The van der Waals surface area contributed by atoms with E-state index in [-0.39, 0.29) is 5.75 Å². The number of ether oxygens (including phenoxy) is 1. The summed E-state index contributed by atoms with van der Waals surface area (Å²) in [6, 6.07) is 12.6. The van der Waals surface area contributed by atoms with Crippen molar-refractivity contribution < 1.29 is 17.9 Å². The maximum absolute atomic E-state index is 12.3. The monoisotopic (exact) mass is 290 g/mol. The summed E-state index contributed by atoms with van der Waals surface area (Å²) in [7, 11) is 0. The Morgan fingerprint density at radius 3 is 1.90 bits per heavy atom. The molecule has 0 radical (unpaired) electrons. The highest BCUT2D eigenvalue weighted by Crippen LogP contribution is 2.30. The van der Waals surface area contributed by atoms with Crippen molar-refractivity contribution in [3.05, 3.63) is 64.7 Å². The molecule has 1 nitrogen and oxygen atoms in total. The number of benzene rings is 2. The van der Waals surface area contributed by atoms with Gasteiger partial charge in [0.25, 0.3) is 0 Å². The quantitative estimate of drug-likeness (QED) is 0.697. The Labute approximate surface area is 121 Å². The molecule has 21 heavy (non-hydrogen) atoms. The summed E-state index contributed by atoms with van der Waals surface area (Å²) in [5.74, 6) is 5.76. The molecule has 0 atom stereocenters. The lowest BCUT2D eigenvalue weighted by molar-refractivity contribution is -0.275. The maximum atomic E-state index is 12.3. The van der Waals surface area contributed by atoms with E-state index in [1.807, 2.05) is 30.3 Å². The van der Waals surface area contributed by atoms with E-state index in [0.717, 1.165) is 5.56 Å². The minimum absolute atomic E-state index is 0.159. The summed E-state index contributed by atoms with van der Waals surface area (Å²) in [6.07, 6.45) is -4.69. The third-order valence-corrected chi connectivity index (χ3v) is 2.80. The van der Waals surface area contributed by atoms with Crippen LogP contribution in [0.1, 0.15) is 22.3 Å². The van der Waals surface area contributed by atoms with Crippen molar-refractivity contribution in [2.45, 2.75) is 20.2 Å². The second-order valence-corrected chi connectivity index (χ2v) is 4.60. The first kappa shape index (κ1) is 15.0. The molecule has 2 aromatic rings. The normalized spacial score (nSPS) is 10.7. The van der Waals surface area contributed by atoms with E-state index in [1.165, 1.54) is 0 Å². The third-order valence-electron chi connectivity index (χ3n) is 2.80. The molecule has 108 valence electrons. The van der Waals surface area contributed by atoms with Crippen LogP contribution in [0.5, 0.6) is 5.75 Å². The summed E-state index contributed by atoms with van der Waals surface area (Å²) in [4.78, 5) is 0. The molecule has 0 heterocycles. The van der Waals surface area contributed by atoms with E-state index in [4.69, 9.17) is 0 Å². The standard InChI is InChI=1S/C17H13F3O/c1-12-10-15(9-8-14-6-4-3-5-7-14)11-13(2)16(12)21-17(18,19)20/h3-7,10-11H,1-2H3. The zero-order chi connectivity index (χ0) is 15.5. The van der Waals surface area contributed by atoms with Gasteiger partial charge in [-0.3, -0.25) is 0 Å². The Morgan fingerprint density at radius 1 is 0.857 bits per heavy atom. The van der Waals surface area contributed by atoms with Crippen LogP contribution >= 0.6 is 0 Å². The van der Waals surface area contributed by atoms with Gasteiger partial charge < -0.3 is 4.74 Å². The van der Waals surface area contributed by atoms with Crippen LogP contribution in [-0.4, -0.2) is 6.36 Å². The first-order chi connectivity index (χ1) is 9.85. The van der Waals surface area contributed by atoms with Gasteiger partial charge in [-0.05, 0) is 49.2 Å². The smallest absolute Gasteiger partial charge is 0.405 e. The number of aryl methyl sites for hydroxylation is 2. The molecule has 0 saturated heterocycles. The summed E-state index contributed by atoms with van der Waals surface area (Å²) in [6.45, 7) is 3.14. The SMILES string of the molecule is Cc1cc(C#Cc2ccccc2)cc(C)c1OC(F)(F)F. The first-order valence-corrected chi connectivity index (χ1v) is 6.29. The highest BCUT2D eigenvalue weighted by atomic mass is 19.4. The Balaban J connectivity index is 2.31. The van der Waals surface area contributed by atoms with Crippen LogP contribution in [-0.2, 0) is 0 Å². The van der Waals surface area contributed by atoms with Gasteiger partial charge in [-0.15, -0.1) is 13.2 Å². The molecule has 4 heteroatoms. The Morgan fingerprint density at radius 2 is 1.38 bits per heavy atom. The topological polar surface area (TPSA) is 9.23 Å². The van der Waals surface area contributed by atoms with E-state index in [0.29, 0.717) is 16.7 Å². The molecule has 0 spiro atoms. The molecule has 0 aliphatic heterocycles. The van der Waals surface area contributed by atoms with E-state index < -0.39 is 6.36 Å². The molecule has 0 unspecified atom stereocenters. The lowest BCUT2D eigenvalue weighted by Crippen LogP contribution is -2.18. The fourth-order valence-electron chi connectivity index (χ4n) is 1.96. The lowest BCUT2D eigenvalue weighted by atomic mass is 10.1. The summed E-state index contributed by atoms with van der Waals surface area (Å²) < 4.78 is 41.0. The molecular weight excluding hydrogens is 277 g/mol. The van der Waals surface area contributed by atoms with Crippen LogP contribution in [0.3, 0.4) is 0 Å². The van der Waals surface area contributed by atoms with Crippen LogP contribution in [0.4, 0.5) is 13.2 Å². The molecule has 2 aromatic carbocycles. The van der Waals surface area contributed by atoms with Gasteiger partial charge in [-0.25, -0.2) is 0 Å². The second kappa shape index (κ2) is 5.92. The third kappa shape index (κ3) is 4.28. The highest BCUT2D eigenvalue weighted by molar-refractivity contribution is 5.50. The molecule has 0 saturated carbocycles. The minimum Gasteiger partial charge on any atom is -0.405 e. The fraction of sp³-hybridized carbons (Fsp3) is 0.176. The van der Waals surface area contributed by atoms with Gasteiger partial charge in [0.15, 0.2) is 0 Å². The maximum Gasteiger partial charge on any atom is 0.573 e. The van der Waals surface area contributed by atoms with Gasteiger partial charge in [0.2, 0.25) is 0 Å². The van der Waals surface area contributed by atoms with E-state index in [9.17, 15) is 13.2 Å². The van der Waals surface area contributed by atoms with Crippen molar-refractivity contribution in [3.8, 4) is 17.6 Å². The average Bonchev–Trinajstić information content (AvgIpc) is 2.41. The molecule has 0 bridgehead atoms. The van der Waals surface area contributed by atoms with Crippen molar-refractivity contribution in [3.63, 3.8) is 0 Å². The van der Waals surface area contributed by atoms with Crippen molar-refractivity contribution in [2.75, 3.05) is 0 Å². The predicted molar refractivity (Wildman–Crippen MR) is 75.0 cm³/mol. The highest BCUT2D eigenvalue weighted by Gasteiger charge is 2.32. The van der Waals surface area contributed by atoms with Crippen LogP contribution in [0.25, 0.3) is 0 Å². The summed E-state index contributed by atoms with van der Waals surface area (Å²) in [5.41, 5.74) is 2.32. The molecule has 0 N–H and O–H groups in total. The zero-order valence-corrected chi connectivity index (χ0v) is 11.6. The van der Waals surface area contributed by atoms with Crippen LogP contribution in [0.15, 0.2) is 42.5 Å². The van der Waals surface area contributed by atoms with Crippen molar-refractivity contribution in [2.24, 2.45) is 0 Å². The van der Waals surface area contributed by atoms with E-state index in [1.54, 1.807) is 26.0 Å². The summed E-state index contributed by atoms with van der Waals surface area (Å²) in [5, 5.41) is 0. The molecular formula is C17H13F3O. The number of hydrogen-bond donors (Lipinski definition) is 0. The van der Waals surface area contributed by atoms with Gasteiger partial charge >= 0.3 is 6.36 Å². The summed E-state index contributed by atoms with van der Waals surface area (Å²) >= 11 is 0. The van der Waals surface area contributed by atoms with E-state index in [2.05, 4.69) is 16.6 Å². The van der Waals surface area contributed by atoms with Gasteiger partial charge in [-0.2, -0.15) is 0 Å². The average molecular weight is 290 g/mol. The number of alkyl halides is 3. The molecule has 0 aromatic heterocycles. The Kier molecular flexibility index (Phi) is 4.23. The Hall–Kier alpha value is -2.41. The molecule has 0 amide bonds.